The third kappa shape index (κ3) is 3.72. The highest BCUT2D eigenvalue weighted by Crippen LogP contribution is 2.18. The number of carboxylic acids is 1. The summed E-state index contributed by atoms with van der Waals surface area (Å²) in [7, 11) is 0. The Morgan fingerprint density at radius 1 is 1.53 bits per heavy atom. The molecule has 0 aliphatic rings. The van der Waals surface area contributed by atoms with Crippen LogP contribution < -0.4 is 0 Å². The molecule has 0 aliphatic carbocycles. The molecule has 0 saturated carbocycles. The Morgan fingerprint density at radius 3 is 2.87 bits per heavy atom. The molecule has 0 spiro atoms. The van der Waals surface area contributed by atoms with E-state index in [1.165, 1.54) is 0 Å². The van der Waals surface area contributed by atoms with Crippen molar-refractivity contribution in [3.63, 3.8) is 0 Å². The number of halogens is 1. The van der Waals surface area contributed by atoms with Crippen LogP contribution in [0.25, 0.3) is 6.08 Å². The van der Waals surface area contributed by atoms with Crippen molar-refractivity contribution >= 4 is 40.6 Å². The Labute approximate surface area is 103 Å². The van der Waals surface area contributed by atoms with Gasteiger partial charge in [-0.3, -0.25) is 0 Å². The van der Waals surface area contributed by atoms with Gasteiger partial charge in [-0.1, -0.05) is 34.1 Å². The second-order valence-corrected chi connectivity index (χ2v) is 4.31. The fraction of sp³-hybridized carbons (Fsp3) is 0.182. The van der Waals surface area contributed by atoms with Crippen LogP contribution in [0.15, 0.2) is 28.7 Å². The van der Waals surface area contributed by atoms with Gasteiger partial charge in [-0.2, -0.15) is 12.6 Å². The summed E-state index contributed by atoms with van der Waals surface area (Å²) in [5.41, 5.74) is 1.02. The molecule has 1 N–H and O–H groups in total. The molecule has 1 aromatic carbocycles. The first-order valence-electron chi connectivity index (χ1n) is 4.45. The van der Waals surface area contributed by atoms with Crippen LogP contribution in [0.1, 0.15) is 22.3 Å². The quantitative estimate of drug-likeness (QED) is 0.832. The van der Waals surface area contributed by atoms with Gasteiger partial charge >= 0.3 is 5.97 Å². The van der Waals surface area contributed by atoms with Gasteiger partial charge in [0.1, 0.15) is 0 Å². The summed E-state index contributed by atoms with van der Waals surface area (Å²) in [6.45, 7) is 0. The number of carbonyl (C=O) groups is 1. The first kappa shape index (κ1) is 12.3. The lowest BCUT2D eigenvalue weighted by Crippen LogP contribution is -1.99. The second kappa shape index (κ2) is 5.98. The van der Waals surface area contributed by atoms with Crippen molar-refractivity contribution in [2.45, 2.75) is 6.42 Å². The monoisotopic (exact) mass is 286 g/mol. The Kier molecular flexibility index (Phi) is 4.91. The van der Waals surface area contributed by atoms with Gasteiger partial charge in [-0.15, -0.1) is 0 Å². The molecule has 0 amide bonds. The maximum atomic E-state index is 10.9. The predicted molar refractivity (Wildman–Crippen MR) is 68.6 cm³/mol. The Bertz CT molecular complexity index is 388. The zero-order valence-electron chi connectivity index (χ0n) is 7.98. The highest BCUT2D eigenvalue weighted by molar-refractivity contribution is 9.10. The number of rotatable bonds is 4. The van der Waals surface area contributed by atoms with Crippen LogP contribution in [0.3, 0.4) is 0 Å². The summed E-state index contributed by atoms with van der Waals surface area (Å²) in [6, 6.07) is 5.21. The molecule has 0 unspecified atom stereocenters. The molecule has 2 nitrogen and oxygen atoms in total. The van der Waals surface area contributed by atoms with E-state index in [-0.39, 0.29) is 0 Å². The minimum absolute atomic E-state index is 0.305. The summed E-state index contributed by atoms with van der Waals surface area (Å²) in [6.07, 6.45) is 4.56. The maximum absolute atomic E-state index is 10.9. The van der Waals surface area contributed by atoms with Gasteiger partial charge in [0.25, 0.3) is 0 Å². The average Bonchev–Trinajstić information content (AvgIpc) is 2.20. The van der Waals surface area contributed by atoms with Crippen molar-refractivity contribution in [1.82, 2.24) is 0 Å². The van der Waals surface area contributed by atoms with Crippen molar-refractivity contribution in [2.75, 3.05) is 5.75 Å². The zero-order valence-corrected chi connectivity index (χ0v) is 10.5. The molecule has 0 heterocycles. The van der Waals surface area contributed by atoms with Crippen LogP contribution in [-0.2, 0) is 0 Å². The summed E-state index contributed by atoms with van der Waals surface area (Å²) < 4.78 is 0.770. The number of allylic oxidation sites excluding steroid dienone is 1. The fourth-order valence-corrected chi connectivity index (χ4v) is 1.65. The molecule has 0 aromatic heterocycles. The van der Waals surface area contributed by atoms with Crippen molar-refractivity contribution in [3.05, 3.63) is 39.9 Å². The topological polar surface area (TPSA) is 37.3 Å². The summed E-state index contributed by atoms with van der Waals surface area (Å²) in [5, 5.41) is 8.98. The maximum Gasteiger partial charge on any atom is 0.336 e. The lowest BCUT2D eigenvalue weighted by atomic mass is 10.1. The van der Waals surface area contributed by atoms with E-state index in [1.807, 2.05) is 18.2 Å². The van der Waals surface area contributed by atoms with Gasteiger partial charge in [-0.25, -0.2) is 4.79 Å². The van der Waals surface area contributed by atoms with Crippen LogP contribution >= 0.6 is 28.6 Å². The number of carboxylic acid groups (broad SMARTS) is 1. The molecule has 0 saturated heterocycles. The van der Waals surface area contributed by atoms with E-state index in [2.05, 4.69) is 28.6 Å². The van der Waals surface area contributed by atoms with Gasteiger partial charge in [0.2, 0.25) is 0 Å². The van der Waals surface area contributed by atoms with Crippen molar-refractivity contribution < 1.29 is 9.90 Å². The third-order valence-electron chi connectivity index (χ3n) is 1.84. The van der Waals surface area contributed by atoms with E-state index in [9.17, 15) is 4.79 Å². The molecule has 1 rings (SSSR count). The molecule has 0 fully saturated rings. The Hall–Kier alpha value is -0.740. The number of thiol groups is 1. The standard InChI is InChI=1S/C11H11BrO2S/c12-9-5-4-8(3-1-2-6-15)10(7-9)11(13)14/h1,3-5,7,15H,2,6H2,(H,13,14). The van der Waals surface area contributed by atoms with Gasteiger partial charge < -0.3 is 5.11 Å². The van der Waals surface area contributed by atoms with Crippen molar-refractivity contribution in [2.24, 2.45) is 0 Å². The van der Waals surface area contributed by atoms with Crippen molar-refractivity contribution in [1.29, 1.82) is 0 Å². The van der Waals surface area contributed by atoms with Gasteiger partial charge in [0.15, 0.2) is 0 Å². The largest absolute Gasteiger partial charge is 0.478 e. The first-order chi connectivity index (χ1) is 7.15. The van der Waals surface area contributed by atoms with E-state index in [4.69, 9.17) is 5.11 Å². The summed E-state index contributed by atoms with van der Waals surface area (Å²) in [4.78, 5) is 10.9. The zero-order chi connectivity index (χ0) is 11.3. The normalized spacial score (nSPS) is 10.8. The van der Waals surface area contributed by atoms with Crippen LogP contribution in [0.4, 0.5) is 0 Å². The molecule has 0 atom stereocenters. The minimum atomic E-state index is -0.915. The molecule has 15 heavy (non-hydrogen) atoms. The molecule has 4 heteroatoms. The molecule has 0 aliphatic heterocycles. The van der Waals surface area contributed by atoms with Crippen molar-refractivity contribution in [3.8, 4) is 0 Å². The van der Waals surface area contributed by atoms with E-state index in [0.29, 0.717) is 11.1 Å². The summed E-state index contributed by atoms with van der Waals surface area (Å²) in [5.74, 6) is -0.156. The summed E-state index contributed by atoms with van der Waals surface area (Å²) >= 11 is 7.32. The number of hydrogen-bond donors (Lipinski definition) is 2. The SMILES string of the molecule is O=C(O)c1cc(Br)ccc1C=CCCS. The van der Waals surface area contributed by atoms with Crippen LogP contribution in [0.2, 0.25) is 0 Å². The second-order valence-electron chi connectivity index (χ2n) is 2.95. The molecular weight excluding hydrogens is 276 g/mol. The Morgan fingerprint density at radius 2 is 2.27 bits per heavy atom. The lowest BCUT2D eigenvalue weighted by Gasteiger charge is -2.01. The van der Waals surface area contributed by atoms with E-state index in [1.54, 1.807) is 12.1 Å². The predicted octanol–water partition coefficient (Wildman–Crippen LogP) is 3.48. The highest BCUT2D eigenvalue weighted by atomic mass is 79.9. The van der Waals surface area contributed by atoms with Gasteiger partial charge in [-0.05, 0) is 29.9 Å². The highest BCUT2D eigenvalue weighted by Gasteiger charge is 2.07. The van der Waals surface area contributed by atoms with Crippen LogP contribution in [0, 0.1) is 0 Å². The Balaban J connectivity index is 3.01. The molecule has 0 radical (unpaired) electrons. The molecule has 0 bridgehead atoms. The minimum Gasteiger partial charge on any atom is -0.478 e. The first-order valence-corrected chi connectivity index (χ1v) is 5.88. The van der Waals surface area contributed by atoms with E-state index < -0.39 is 5.97 Å². The number of hydrogen-bond acceptors (Lipinski definition) is 2. The smallest absolute Gasteiger partial charge is 0.336 e. The average molecular weight is 287 g/mol. The van der Waals surface area contributed by atoms with E-state index in [0.717, 1.165) is 16.6 Å². The van der Waals surface area contributed by atoms with Crippen LogP contribution in [0.5, 0.6) is 0 Å². The van der Waals surface area contributed by atoms with E-state index >= 15 is 0 Å². The molecular formula is C11H11BrO2S. The molecule has 1 aromatic rings. The van der Waals surface area contributed by atoms with Gasteiger partial charge in [0, 0.05) is 4.47 Å². The number of aromatic carboxylic acids is 1. The van der Waals surface area contributed by atoms with Crippen LogP contribution in [-0.4, -0.2) is 16.8 Å². The van der Waals surface area contributed by atoms with Gasteiger partial charge in [0.05, 0.1) is 5.56 Å². The molecule has 80 valence electrons. The fourth-order valence-electron chi connectivity index (χ4n) is 1.14. The third-order valence-corrected chi connectivity index (χ3v) is 2.59. The lowest BCUT2D eigenvalue weighted by molar-refractivity contribution is 0.0696. The number of benzene rings is 1.